The molecule has 2 rings (SSSR count). The van der Waals surface area contributed by atoms with Crippen LogP contribution < -0.4 is 0 Å². The maximum absolute atomic E-state index is 10.5. The molecule has 0 fully saturated rings. The van der Waals surface area contributed by atoms with Gasteiger partial charge in [-0.05, 0) is 19.9 Å². The minimum atomic E-state index is -0.646. The van der Waals surface area contributed by atoms with Gasteiger partial charge < -0.3 is 0 Å². The summed E-state index contributed by atoms with van der Waals surface area (Å²) in [5, 5.41) is 41.8. The van der Waals surface area contributed by atoms with E-state index < -0.39 is 19.7 Å². The van der Waals surface area contributed by atoms with Gasteiger partial charge in [0.05, 0.1) is 19.7 Å². The Kier molecular flexibility index (Phi) is 6.99. The lowest BCUT2D eigenvalue weighted by atomic mass is 10.1. The van der Waals surface area contributed by atoms with Gasteiger partial charge in [-0.3, -0.25) is 40.5 Å². The molecule has 12 nitrogen and oxygen atoms in total. The van der Waals surface area contributed by atoms with Crippen LogP contribution in [0.2, 0.25) is 0 Å². The van der Waals surface area contributed by atoms with E-state index in [-0.39, 0.29) is 33.9 Å². The summed E-state index contributed by atoms with van der Waals surface area (Å²) in [6.07, 6.45) is 0. The maximum atomic E-state index is 10.5. The van der Waals surface area contributed by atoms with Crippen LogP contribution in [0.1, 0.15) is 11.1 Å². The molecule has 0 aliphatic heterocycles. The molecule has 0 heterocycles. The molecule has 2 aromatic rings. The molecule has 0 spiro atoms. The molecule has 0 aliphatic rings. The van der Waals surface area contributed by atoms with Gasteiger partial charge in [-0.15, -0.1) is 0 Å². The highest BCUT2D eigenvalue weighted by atomic mass is 79.9. The zero-order chi connectivity index (χ0) is 20.9. The number of nitro benzene ring substituents is 4. The first-order valence-electron chi connectivity index (χ1n) is 6.94. The van der Waals surface area contributed by atoms with Crippen molar-refractivity contribution in [2.24, 2.45) is 0 Å². The first-order valence-corrected chi connectivity index (χ1v) is 7.74. The molecule has 0 amide bonds. The van der Waals surface area contributed by atoms with Crippen LogP contribution in [0.25, 0.3) is 0 Å². The van der Waals surface area contributed by atoms with Gasteiger partial charge in [0.1, 0.15) is 11.1 Å². The minimum absolute atomic E-state index is 0.0585. The number of benzene rings is 2. The van der Waals surface area contributed by atoms with Crippen LogP contribution in [0.3, 0.4) is 0 Å². The summed E-state index contributed by atoms with van der Waals surface area (Å²) >= 11 is 2.97. The van der Waals surface area contributed by atoms with Crippen molar-refractivity contribution in [3.05, 3.63) is 86.4 Å². The molecule has 142 valence electrons. The van der Waals surface area contributed by atoms with E-state index in [2.05, 4.69) is 15.9 Å². The lowest BCUT2D eigenvalue weighted by Gasteiger charge is -1.99. The molecule has 27 heavy (non-hydrogen) atoms. The van der Waals surface area contributed by atoms with Crippen LogP contribution >= 0.6 is 15.9 Å². The second-order valence-corrected chi connectivity index (χ2v) is 5.93. The standard InChI is InChI=1S/C7H5BrN2O4.C7H6N2O4/c1-4-6(9(11)12)2-5(8)3-7(4)10(13)14;1-5-6(8(10)11)3-2-4-7(5)9(12)13/h2-3H,1H3;2-4H,1H3. The number of nitrogens with zero attached hydrogens (tertiary/aromatic N) is 4. The summed E-state index contributed by atoms with van der Waals surface area (Å²) in [6, 6.07) is 6.25. The van der Waals surface area contributed by atoms with Gasteiger partial charge in [0.2, 0.25) is 0 Å². The van der Waals surface area contributed by atoms with Crippen LogP contribution in [0, 0.1) is 54.3 Å². The summed E-state index contributed by atoms with van der Waals surface area (Å²) in [4.78, 5) is 39.2. The molecular weight excluding hydrogens is 432 g/mol. The molecule has 0 saturated carbocycles. The zero-order valence-electron chi connectivity index (χ0n) is 13.8. The first-order chi connectivity index (χ1) is 12.5. The number of halogens is 1. The summed E-state index contributed by atoms with van der Waals surface area (Å²) in [7, 11) is 0. The Bertz CT molecular complexity index is 879. The van der Waals surface area contributed by atoms with E-state index in [0.29, 0.717) is 4.47 Å². The monoisotopic (exact) mass is 442 g/mol. The fourth-order valence-electron chi connectivity index (χ4n) is 2.04. The maximum Gasteiger partial charge on any atom is 0.280 e. The molecule has 0 aliphatic carbocycles. The molecule has 0 aromatic heterocycles. The highest BCUT2D eigenvalue weighted by molar-refractivity contribution is 9.10. The van der Waals surface area contributed by atoms with Crippen LogP contribution in [-0.4, -0.2) is 19.7 Å². The van der Waals surface area contributed by atoms with Gasteiger partial charge in [0.15, 0.2) is 0 Å². The van der Waals surface area contributed by atoms with E-state index in [0.717, 1.165) is 0 Å². The van der Waals surface area contributed by atoms with Gasteiger partial charge in [0, 0.05) is 28.7 Å². The SMILES string of the molecule is Cc1c([N+](=O)[O-])cc(Br)cc1[N+](=O)[O-].Cc1c([N+](=O)[O-])cccc1[N+](=O)[O-]. The van der Waals surface area contributed by atoms with Crippen LogP contribution in [0.4, 0.5) is 22.7 Å². The Hall–Kier alpha value is -3.48. The molecule has 0 bridgehead atoms. The van der Waals surface area contributed by atoms with Crippen LogP contribution in [0.15, 0.2) is 34.8 Å². The van der Waals surface area contributed by atoms with Crippen molar-refractivity contribution in [2.45, 2.75) is 13.8 Å². The molecule has 0 saturated heterocycles. The van der Waals surface area contributed by atoms with Gasteiger partial charge in [-0.1, -0.05) is 15.9 Å². The molecule has 13 heteroatoms. The first kappa shape index (κ1) is 21.6. The topological polar surface area (TPSA) is 173 Å². The molecule has 0 radical (unpaired) electrons. The number of hydrogen-bond acceptors (Lipinski definition) is 8. The van der Waals surface area contributed by atoms with Crippen molar-refractivity contribution in [1.29, 1.82) is 0 Å². The Balaban J connectivity index is 0.000000271. The van der Waals surface area contributed by atoms with E-state index in [1.54, 1.807) is 0 Å². The zero-order valence-corrected chi connectivity index (χ0v) is 15.4. The third-order valence-electron chi connectivity index (χ3n) is 3.38. The molecule has 0 N–H and O–H groups in total. The number of hydrogen-bond donors (Lipinski definition) is 0. The van der Waals surface area contributed by atoms with Crippen molar-refractivity contribution in [3.8, 4) is 0 Å². The van der Waals surface area contributed by atoms with E-state index >= 15 is 0 Å². The van der Waals surface area contributed by atoms with Gasteiger partial charge in [-0.2, -0.15) is 0 Å². The Labute approximate surface area is 159 Å². The second kappa shape index (κ2) is 8.75. The van der Waals surface area contributed by atoms with E-state index in [4.69, 9.17) is 0 Å². The lowest BCUT2D eigenvalue weighted by molar-refractivity contribution is -0.395. The normalized spacial score (nSPS) is 9.74. The van der Waals surface area contributed by atoms with Crippen LogP contribution in [0.5, 0.6) is 0 Å². The van der Waals surface area contributed by atoms with Crippen molar-refractivity contribution in [2.75, 3.05) is 0 Å². The Morgan fingerprint density at radius 2 is 0.963 bits per heavy atom. The van der Waals surface area contributed by atoms with Crippen LogP contribution in [-0.2, 0) is 0 Å². The molecule has 2 aromatic carbocycles. The summed E-state index contributed by atoms with van der Waals surface area (Å²) in [5.74, 6) is 0. The lowest BCUT2D eigenvalue weighted by Crippen LogP contribution is -1.97. The average molecular weight is 443 g/mol. The minimum Gasteiger partial charge on any atom is -0.258 e. The quantitative estimate of drug-likeness (QED) is 0.494. The Morgan fingerprint density at radius 3 is 1.26 bits per heavy atom. The summed E-state index contributed by atoms with van der Waals surface area (Å²) < 4.78 is 0.321. The fourth-order valence-corrected chi connectivity index (χ4v) is 2.47. The molecule has 0 atom stereocenters. The number of rotatable bonds is 4. The van der Waals surface area contributed by atoms with Crippen molar-refractivity contribution < 1.29 is 19.7 Å². The van der Waals surface area contributed by atoms with E-state index in [1.807, 2.05) is 0 Å². The third-order valence-corrected chi connectivity index (χ3v) is 3.84. The highest BCUT2D eigenvalue weighted by Crippen LogP contribution is 2.31. The predicted molar refractivity (Wildman–Crippen MR) is 96.7 cm³/mol. The predicted octanol–water partition coefficient (Wildman–Crippen LogP) is 4.39. The Morgan fingerprint density at radius 1 is 0.667 bits per heavy atom. The van der Waals surface area contributed by atoms with Gasteiger partial charge >= 0.3 is 0 Å². The molecular formula is C14H11BrN4O8. The largest absolute Gasteiger partial charge is 0.280 e. The fraction of sp³-hybridized carbons (Fsp3) is 0.143. The van der Waals surface area contributed by atoms with Crippen molar-refractivity contribution >= 4 is 38.7 Å². The summed E-state index contributed by atoms with van der Waals surface area (Å²) in [6.45, 7) is 2.71. The average Bonchev–Trinajstić information content (AvgIpc) is 2.56. The van der Waals surface area contributed by atoms with Gasteiger partial charge in [0.25, 0.3) is 22.7 Å². The molecule has 0 unspecified atom stereocenters. The summed E-state index contributed by atoms with van der Waals surface area (Å²) in [5.41, 5.74) is -0.832. The van der Waals surface area contributed by atoms with Gasteiger partial charge in [-0.25, -0.2) is 0 Å². The number of nitro groups is 4. The van der Waals surface area contributed by atoms with E-state index in [9.17, 15) is 40.5 Å². The van der Waals surface area contributed by atoms with E-state index in [1.165, 1.54) is 44.2 Å². The smallest absolute Gasteiger partial charge is 0.258 e. The third kappa shape index (κ3) is 5.24. The second-order valence-electron chi connectivity index (χ2n) is 5.02. The van der Waals surface area contributed by atoms with Crippen molar-refractivity contribution in [1.82, 2.24) is 0 Å². The van der Waals surface area contributed by atoms with Crippen molar-refractivity contribution in [3.63, 3.8) is 0 Å². The highest BCUT2D eigenvalue weighted by Gasteiger charge is 2.22.